The minimum absolute atomic E-state index is 0. The number of carbonyl (C=O) groups is 1. The van der Waals surface area contributed by atoms with Crippen molar-refractivity contribution in [2.24, 2.45) is 0 Å². The average molecular weight is 372 g/mol. The number of likely N-dealkylation sites (N-methyl/N-ethyl adjacent to an activating group) is 1. The van der Waals surface area contributed by atoms with Gasteiger partial charge in [-0.15, -0.1) is 12.4 Å². The molecule has 5 heteroatoms. The first kappa shape index (κ1) is 19.8. The first-order chi connectivity index (χ1) is 12.0. The predicted octanol–water partition coefficient (Wildman–Crippen LogP) is 4.61. The molecule has 4 nitrogen and oxygen atoms in total. The fraction of sp³-hybridized carbons (Fsp3) is 0.190. The number of rotatable bonds is 6. The summed E-state index contributed by atoms with van der Waals surface area (Å²) in [5, 5.41) is 11.5. The van der Waals surface area contributed by atoms with Crippen molar-refractivity contribution in [3.8, 4) is 11.5 Å². The molecule has 0 heterocycles. The van der Waals surface area contributed by atoms with E-state index < -0.39 is 12.0 Å². The van der Waals surface area contributed by atoms with Crippen LogP contribution in [0.4, 0.5) is 0 Å². The van der Waals surface area contributed by atoms with E-state index >= 15 is 0 Å². The van der Waals surface area contributed by atoms with E-state index in [4.69, 9.17) is 4.74 Å². The summed E-state index contributed by atoms with van der Waals surface area (Å²) in [6.45, 7) is 0. The van der Waals surface area contributed by atoms with Crippen molar-refractivity contribution in [1.29, 1.82) is 0 Å². The van der Waals surface area contributed by atoms with Crippen LogP contribution < -0.4 is 4.74 Å². The minimum Gasteiger partial charge on any atom is -0.480 e. The molecule has 1 atom stereocenters. The second-order valence-corrected chi connectivity index (χ2v) is 6.25. The zero-order chi connectivity index (χ0) is 17.8. The van der Waals surface area contributed by atoms with E-state index in [0.717, 1.165) is 22.1 Å². The standard InChI is InChI=1S/C21H21NO3.ClH/c1-22(2)19(21(23)24)14-15-7-5-10-17(13-15)25-20-12-6-9-16-8-3-4-11-18(16)20;/h3-13,19H,14H2,1-2H3,(H,23,24);1H/t19-;/m0./s1. The molecule has 0 fully saturated rings. The molecule has 3 aromatic rings. The van der Waals surface area contributed by atoms with Crippen molar-refractivity contribution >= 4 is 29.1 Å². The zero-order valence-corrected chi connectivity index (χ0v) is 15.6. The highest BCUT2D eigenvalue weighted by Gasteiger charge is 2.20. The quantitative estimate of drug-likeness (QED) is 0.687. The Hall–Kier alpha value is -2.56. The highest BCUT2D eigenvalue weighted by atomic mass is 35.5. The topological polar surface area (TPSA) is 49.8 Å². The molecule has 1 N–H and O–H groups in total. The average Bonchev–Trinajstić information content (AvgIpc) is 2.60. The molecular formula is C21H22ClNO3. The summed E-state index contributed by atoms with van der Waals surface area (Å²) in [5.41, 5.74) is 0.929. The van der Waals surface area contributed by atoms with Crippen LogP contribution in [0, 0.1) is 0 Å². The van der Waals surface area contributed by atoms with E-state index in [9.17, 15) is 9.90 Å². The molecule has 0 saturated heterocycles. The normalized spacial score (nSPS) is 11.8. The highest BCUT2D eigenvalue weighted by Crippen LogP contribution is 2.30. The number of fused-ring (bicyclic) bond motifs is 1. The molecule has 136 valence electrons. The molecule has 3 rings (SSSR count). The van der Waals surface area contributed by atoms with Crippen LogP contribution in [0.15, 0.2) is 66.7 Å². The number of hydrogen-bond donors (Lipinski definition) is 1. The smallest absolute Gasteiger partial charge is 0.321 e. The molecule has 3 aromatic carbocycles. The van der Waals surface area contributed by atoms with Gasteiger partial charge in [0.1, 0.15) is 17.5 Å². The van der Waals surface area contributed by atoms with Gasteiger partial charge in [-0.25, -0.2) is 0 Å². The van der Waals surface area contributed by atoms with Crippen molar-refractivity contribution in [3.05, 3.63) is 72.3 Å². The van der Waals surface area contributed by atoms with Crippen LogP contribution in [0.5, 0.6) is 11.5 Å². The first-order valence-electron chi connectivity index (χ1n) is 8.18. The van der Waals surface area contributed by atoms with Gasteiger partial charge in [-0.2, -0.15) is 0 Å². The van der Waals surface area contributed by atoms with E-state index in [1.54, 1.807) is 19.0 Å². The third kappa shape index (κ3) is 4.54. The van der Waals surface area contributed by atoms with Crippen molar-refractivity contribution in [1.82, 2.24) is 4.90 Å². The lowest BCUT2D eigenvalue weighted by Crippen LogP contribution is -2.37. The van der Waals surface area contributed by atoms with Crippen LogP contribution in [0.2, 0.25) is 0 Å². The highest BCUT2D eigenvalue weighted by molar-refractivity contribution is 5.88. The Bertz CT molecular complexity index is 890. The van der Waals surface area contributed by atoms with E-state index in [2.05, 4.69) is 0 Å². The molecule has 0 aliphatic carbocycles. The van der Waals surface area contributed by atoms with Crippen LogP contribution in [0.3, 0.4) is 0 Å². The monoisotopic (exact) mass is 371 g/mol. The third-order valence-corrected chi connectivity index (χ3v) is 4.21. The lowest BCUT2D eigenvalue weighted by molar-refractivity contribution is -0.142. The number of nitrogens with zero attached hydrogens (tertiary/aromatic N) is 1. The van der Waals surface area contributed by atoms with Gasteiger partial charge < -0.3 is 9.84 Å². The number of aliphatic carboxylic acids is 1. The lowest BCUT2D eigenvalue weighted by Gasteiger charge is -2.20. The summed E-state index contributed by atoms with van der Waals surface area (Å²) >= 11 is 0. The van der Waals surface area contributed by atoms with Gasteiger partial charge in [0.05, 0.1) is 0 Å². The van der Waals surface area contributed by atoms with Crippen LogP contribution in [0.25, 0.3) is 10.8 Å². The molecule has 0 aliphatic rings. The van der Waals surface area contributed by atoms with Gasteiger partial charge in [-0.05, 0) is 49.7 Å². The molecule has 0 radical (unpaired) electrons. The number of hydrogen-bond acceptors (Lipinski definition) is 3. The Labute approximate surface area is 159 Å². The third-order valence-electron chi connectivity index (χ3n) is 4.21. The second kappa shape index (κ2) is 8.70. The van der Waals surface area contributed by atoms with Crippen LogP contribution >= 0.6 is 12.4 Å². The maximum atomic E-state index is 11.4. The lowest BCUT2D eigenvalue weighted by atomic mass is 10.0. The number of carboxylic acids is 1. The summed E-state index contributed by atoms with van der Waals surface area (Å²) in [6, 6.07) is 21.1. The summed E-state index contributed by atoms with van der Waals surface area (Å²) < 4.78 is 6.07. The van der Waals surface area contributed by atoms with Gasteiger partial charge in [0.15, 0.2) is 0 Å². The Morgan fingerprint density at radius 1 is 1.04 bits per heavy atom. The maximum Gasteiger partial charge on any atom is 0.321 e. The Morgan fingerprint density at radius 2 is 1.73 bits per heavy atom. The molecule has 26 heavy (non-hydrogen) atoms. The number of ether oxygens (including phenoxy) is 1. The molecule has 0 bridgehead atoms. The van der Waals surface area contributed by atoms with Gasteiger partial charge in [0.2, 0.25) is 0 Å². The van der Waals surface area contributed by atoms with Crippen molar-refractivity contribution in [3.63, 3.8) is 0 Å². The molecule has 0 unspecified atom stereocenters. The van der Waals surface area contributed by atoms with Crippen LogP contribution in [-0.4, -0.2) is 36.1 Å². The summed E-state index contributed by atoms with van der Waals surface area (Å²) in [4.78, 5) is 13.1. The maximum absolute atomic E-state index is 11.4. The van der Waals surface area contributed by atoms with Gasteiger partial charge in [-0.3, -0.25) is 9.69 Å². The second-order valence-electron chi connectivity index (χ2n) is 6.25. The minimum atomic E-state index is -0.828. The molecule has 0 amide bonds. The molecule has 0 spiro atoms. The molecular weight excluding hydrogens is 350 g/mol. The molecule has 0 aromatic heterocycles. The fourth-order valence-electron chi connectivity index (χ4n) is 2.86. The van der Waals surface area contributed by atoms with E-state index in [1.165, 1.54) is 0 Å². The largest absolute Gasteiger partial charge is 0.480 e. The van der Waals surface area contributed by atoms with Crippen molar-refractivity contribution in [2.75, 3.05) is 14.1 Å². The van der Waals surface area contributed by atoms with E-state index in [1.807, 2.05) is 66.7 Å². The molecule has 0 aliphatic heterocycles. The summed E-state index contributed by atoms with van der Waals surface area (Å²) in [7, 11) is 3.55. The van der Waals surface area contributed by atoms with E-state index in [0.29, 0.717) is 12.2 Å². The van der Waals surface area contributed by atoms with Crippen LogP contribution in [-0.2, 0) is 11.2 Å². The Kier molecular flexibility index (Phi) is 6.61. The molecule has 0 saturated carbocycles. The zero-order valence-electron chi connectivity index (χ0n) is 14.8. The van der Waals surface area contributed by atoms with E-state index in [-0.39, 0.29) is 12.4 Å². The summed E-state index contributed by atoms with van der Waals surface area (Å²) in [5.74, 6) is 0.666. The van der Waals surface area contributed by atoms with Gasteiger partial charge in [-0.1, -0.05) is 48.5 Å². The number of carboxylic acid groups (broad SMARTS) is 1. The van der Waals surface area contributed by atoms with Crippen molar-refractivity contribution < 1.29 is 14.6 Å². The first-order valence-corrected chi connectivity index (χ1v) is 8.18. The number of halogens is 1. The Morgan fingerprint density at radius 3 is 2.46 bits per heavy atom. The number of benzene rings is 3. The van der Waals surface area contributed by atoms with Crippen molar-refractivity contribution in [2.45, 2.75) is 12.5 Å². The predicted molar refractivity (Wildman–Crippen MR) is 107 cm³/mol. The SMILES string of the molecule is CN(C)[C@@H](Cc1cccc(Oc2cccc3ccccc23)c1)C(=O)O.Cl. The Balaban J connectivity index is 0.00000243. The van der Waals surface area contributed by atoms with Gasteiger partial charge in [0.25, 0.3) is 0 Å². The van der Waals surface area contributed by atoms with Gasteiger partial charge >= 0.3 is 5.97 Å². The van der Waals surface area contributed by atoms with Crippen LogP contribution in [0.1, 0.15) is 5.56 Å². The fourth-order valence-corrected chi connectivity index (χ4v) is 2.86. The summed E-state index contributed by atoms with van der Waals surface area (Å²) in [6.07, 6.45) is 0.426. The van der Waals surface area contributed by atoms with Gasteiger partial charge in [0, 0.05) is 5.39 Å².